The molecule has 0 radical (unpaired) electrons. The minimum Gasteiger partial charge on any atom is -0.508 e. The van der Waals surface area contributed by atoms with Crippen LogP contribution in [0, 0.1) is 0 Å². The highest BCUT2D eigenvalue weighted by atomic mass is 16.5. The van der Waals surface area contributed by atoms with Crippen LogP contribution < -0.4 is 0 Å². The standard InChI is InChI=1S/C20H18O7/c1-8-3-2-4-14(27-8)17-13(23)7-11-16(20(17)26)19(25)15-10(18(11)24)5-9(21)6-12(15)22/h5-8,14,21-23,26H,2-4H2,1H3/t8-,14+/m1/s1. The lowest BCUT2D eigenvalue weighted by atomic mass is 9.80. The van der Waals surface area contributed by atoms with E-state index in [1.807, 2.05) is 6.92 Å². The highest BCUT2D eigenvalue weighted by Crippen LogP contribution is 2.47. The van der Waals surface area contributed by atoms with E-state index in [-0.39, 0.29) is 45.4 Å². The summed E-state index contributed by atoms with van der Waals surface area (Å²) < 4.78 is 5.80. The Morgan fingerprint density at radius 3 is 2.30 bits per heavy atom. The number of phenolic OH excluding ortho intramolecular Hbond substituents is 4. The molecule has 140 valence electrons. The lowest BCUT2D eigenvalue weighted by molar-refractivity contribution is -0.0433. The largest absolute Gasteiger partial charge is 0.508 e. The van der Waals surface area contributed by atoms with Gasteiger partial charge in [-0.05, 0) is 38.3 Å². The van der Waals surface area contributed by atoms with Crippen LogP contribution >= 0.6 is 0 Å². The summed E-state index contributed by atoms with van der Waals surface area (Å²) in [6.45, 7) is 1.88. The van der Waals surface area contributed by atoms with Crippen LogP contribution in [0.5, 0.6) is 23.0 Å². The van der Waals surface area contributed by atoms with Gasteiger partial charge in [0, 0.05) is 17.2 Å². The third-order valence-corrected chi connectivity index (χ3v) is 5.16. The third kappa shape index (κ3) is 2.54. The zero-order valence-corrected chi connectivity index (χ0v) is 14.5. The Kier molecular flexibility index (Phi) is 3.85. The van der Waals surface area contributed by atoms with Crippen molar-refractivity contribution in [3.05, 3.63) is 46.0 Å². The van der Waals surface area contributed by atoms with Gasteiger partial charge in [0.15, 0.2) is 5.78 Å². The van der Waals surface area contributed by atoms with Gasteiger partial charge in [-0.15, -0.1) is 0 Å². The summed E-state index contributed by atoms with van der Waals surface area (Å²) in [5, 5.41) is 40.9. The molecule has 2 atom stereocenters. The molecule has 7 heteroatoms. The Balaban J connectivity index is 1.92. The van der Waals surface area contributed by atoms with Crippen molar-refractivity contribution in [2.45, 2.75) is 38.4 Å². The van der Waals surface area contributed by atoms with Gasteiger partial charge < -0.3 is 25.2 Å². The number of hydrogen-bond donors (Lipinski definition) is 4. The fourth-order valence-electron chi connectivity index (χ4n) is 3.92. The summed E-state index contributed by atoms with van der Waals surface area (Å²) in [7, 11) is 0. The van der Waals surface area contributed by atoms with Crippen molar-refractivity contribution < 1.29 is 34.8 Å². The molecule has 1 aliphatic carbocycles. The normalized spacial score (nSPS) is 21.7. The molecule has 7 nitrogen and oxygen atoms in total. The van der Waals surface area contributed by atoms with Gasteiger partial charge in [0.2, 0.25) is 5.78 Å². The van der Waals surface area contributed by atoms with Crippen LogP contribution in [0.3, 0.4) is 0 Å². The Hall–Kier alpha value is -3.06. The van der Waals surface area contributed by atoms with Crippen LogP contribution in [0.2, 0.25) is 0 Å². The van der Waals surface area contributed by atoms with Crippen LogP contribution in [-0.2, 0) is 4.74 Å². The first-order valence-electron chi connectivity index (χ1n) is 8.69. The van der Waals surface area contributed by atoms with Crippen LogP contribution in [0.15, 0.2) is 18.2 Å². The van der Waals surface area contributed by atoms with Crippen molar-refractivity contribution in [1.82, 2.24) is 0 Å². The van der Waals surface area contributed by atoms with Crippen molar-refractivity contribution >= 4 is 11.6 Å². The summed E-state index contributed by atoms with van der Waals surface area (Å²) in [5.41, 5.74) is -0.847. The summed E-state index contributed by atoms with van der Waals surface area (Å²) in [6.07, 6.45) is 1.57. The zero-order valence-electron chi connectivity index (χ0n) is 14.5. The SMILES string of the molecule is C[C@@H]1CCC[C@@H](c2c(O)cc3c(c2O)C(=O)c2c(O)cc(O)cc2C3=O)O1. The number of ketones is 2. The van der Waals surface area contributed by atoms with Gasteiger partial charge in [0.1, 0.15) is 23.0 Å². The summed E-state index contributed by atoms with van der Waals surface area (Å²) in [4.78, 5) is 25.7. The first kappa shape index (κ1) is 17.4. The second-order valence-corrected chi connectivity index (χ2v) is 6.99. The Bertz CT molecular complexity index is 993. The van der Waals surface area contributed by atoms with Gasteiger partial charge in [-0.1, -0.05) is 0 Å². The fourth-order valence-corrected chi connectivity index (χ4v) is 3.92. The smallest absolute Gasteiger partial charge is 0.201 e. The summed E-state index contributed by atoms with van der Waals surface area (Å²) in [6, 6.07) is 3.17. The second-order valence-electron chi connectivity index (χ2n) is 6.99. The molecule has 0 saturated carbocycles. The number of ether oxygens (including phenoxy) is 1. The molecule has 1 aliphatic heterocycles. The predicted molar refractivity (Wildman–Crippen MR) is 93.5 cm³/mol. The maximum absolute atomic E-state index is 12.9. The molecule has 4 N–H and O–H groups in total. The van der Waals surface area contributed by atoms with Gasteiger partial charge >= 0.3 is 0 Å². The van der Waals surface area contributed by atoms with E-state index in [1.165, 1.54) is 0 Å². The molecule has 0 bridgehead atoms. The molecule has 27 heavy (non-hydrogen) atoms. The van der Waals surface area contributed by atoms with E-state index < -0.39 is 29.2 Å². The molecule has 1 heterocycles. The molecular weight excluding hydrogens is 352 g/mol. The predicted octanol–water partition coefficient (Wildman–Crippen LogP) is 2.91. The van der Waals surface area contributed by atoms with Gasteiger partial charge in [0.05, 0.1) is 28.9 Å². The van der Waals surface area contributed by atoms with Gasteiger partial charge in [-0.3, -0.25) is 9.59 Å². The van der Waals surface area contributed by atoms with Gasteiger partial charge in [-0.25, -0.2) is 0 Å². The number of aromatic hydroxyl groups is 4. The van der Waals surface area contributed by atoms with E-state index in [2.05, 4.69) is 0 Å². The van der Waals surface area contributed by atoms with E-state index in [9.17, 15) is 30.0 Å². The monoisotopic (exact) mass is 370 g/mol. The topological polar surface area (TPSA) is 124 Å². The number of benzene rings is 2. The molecule has 4 rings (SSSR count). The molecular formula is C20H18O7. The van der Waals surface area contributed by atoms with Gasteiger partial charge in [0.25, 0.3) is 0 Å². The minimum atomic E-state index is -0.750. The van der Waals surface area contributed by atoms with Crippen LogP contribution in [-0.4, -0.2) is 38.1 Å². The van der Waals surface area contributed by atoms with Crippen molar-refractivity contribution in [3.8, 4) is 23.0 Å². The Morgan fingerprint density at radius 1 is 0.889 bits per heavy atom. The maximum Gasteiger partial charge on any atom is 0.201 e. The van der Waals surface area contributed by atoms with Crippen molar-refractivity contribution in [2.75, 3.05) is 0 Å². The maximum atomic E-state index is 12.9. The molecule has 2 aliphatic rings. The Morgan fingerprint density at radius 2 is 1.59 bits per heavy atom. The zero-order chi connectivity index (χ0) is 19.5. The van der Waals surface area contributed by atoms with E-state index in [4.69, 9.17) is 4.74 Å². The lowest BCUT2D eigenvalue weighted by Gasteiger charge is -2.30. The van der Waals surface area contributed by atoms with E-state index in [0.717, 1.165) is 31.0 Å². The summed E-state index contributed by atoms with van der Waals surface area (Å²) in [5.74, 6) is -3.20. The number of carbonyl (C=O) groups excluding carboxylic acids is 2. The average molecular weight is 370 g/mol. The van der Waals surface area contributed by atoms with E-state index in [1.54, 1.807) is 0 Å². The first-order chi connectivity index (χ1) is 12.8. The number of phenols is 4. The molecule has 0 amide bonds. The number of fused-ring (bicyclic) bond motifs is 2. The highest BCUT2D eigenvalue weighted by Gasteiger charge is 2.38. The van der Waals surface area contributed by atoms with Crippen LogP contribution in [0.25, 0.3) is 0 Å². The lowest BCUT2D eigenvalue weighted by Crippen LogP contribution is -2.24. The van der Waals surface area contributed by atoms with E-state index >= 15 is 0 Å². The molecule has 0 unspecified atom stereocenters. The van der Waals surface area contributed by atoms with Crippen molar-refractivity contribution in [3.63, 3.8) is 0 Å². The molecule has 2 aromatic carbocycles. The number of hydrogen-bond acceptors (Lipinski definition) is 7. The third-order valence-electron chi connectivity index (χ3n) is 5.16. The fraction of sp³-hybridized carbons (Fsp3) is 0.300. The molecule has 0 aromatic heterocycles. The molecule has 2 aromatic rings. The van der Waals surface area contributed by atoms with Crippen LogP contribution in [0.4, 0.5) is 0 Å². The number of carbonyl (C=O) groups is 2. The van der Waals surface area contributed by atoms with Crippen molar-refractivity contribution in [2.24, 2.45) is 0 Å². The van der Waals surface area contributed by atoms with Gasteiger partial charge in [-0.2, -0.15) is 0 Å². The Labute approximate surface area is 154 Å². The minimum absolute atomic E-state index is 0.0661. The molecule has 1 saturated heterocycles. The summed E-state index contributed by atoms with van der Waals surface area (Å²) >= 11 is 0. The highest BCUT2D eigenvalue weighted by molar-refractivity contribution is 6.30. The average Bonchev–Trinajstić information content (AvgIpc) is 2.58. The first-order valence-corrected chi connectivity index (χ1v) is 8.69. The van der Waals surface area contributed by atoms with Crippen LogP contribution in [0.1, 0.15) is 69.7 Å². The molecule has 0 spiro atoms. The number of rotatable bonds is 1. The second kappa shape index (κ2) is 5.99. The quantitative estimate of drug-likeness (QED) is 0.519. The van der Waals surface area contributed by atoms with Crippen molar-refractivity contribution in [1.29, 1.82) is 0 Å². The van der Waals surface area contributed by atoms with E-state index in [0.29, 0.717) is 6.42 Å². The molecule has 1 fully saturated rings.